The SMILES string of the molecule is COc1cccn2ncc(C(=O)Nc3cncc4c3CCCC4)c12. The van der Waals surface area contributed by atoms with Crippen LogP contribution in [0, 0.1) is 0 Å². The van der Waals surface area contributed by atoms with E-state index < -0.39 is 0 Å². The second-order valence-electron chi connectivity index (χ2n) is 5.91. The van der Waals surface area contributed by atoms with E-state index in [9.17, 15) is 4.79 Å². The van der Waals surface area contributed by atoms with E-state index in [1.54, 1.807) is 30.2 Å². The van der Waals surface area contributed by atoms with Crippen LogP contribution in [-0.4, -0.2) is 27.6 Å². The molecule has 3 aromatic rings. The largest absolute Gasteiger partial charge is 0.494 e. The minimum Gasteiger partial charge on any atom is -0.494 e. The molecule has 1 aliphatic rings. The van der Waals surface area contributed by atoms with E-state index in [2.05, 4.69) is 15.4 Å². The molecule has 1 amide bonds. The summed E-state index contributed by atoms with van der Waals surface area (Å²) in [5, 5.41) is 7.24. The number of methoxy groups -OCH3 is 1. The van der Waals surface area contributed by atoms with Gasteiger partial charge in [-0.1, -0.05) is 0 Å². The number of pyridine rings is 2. The summed E-state index contributed by atoms with van der Waals surface area (Å²) in [5.41, 5.74) is 4.38. The molecule has 0 radical (unpaired) electrons. The molecule has 0 bridgehead atoms. The Morgan fingerprint density at radius 2 is 2.12 bits per heavy atom. The van der Waals surface area contributed by atoms with Crippen molar-refractivity contribution in [1.29, 1.82) is 0 Å². The van der Waals surface area contributed by atoms with E-state index in [-0.39, 0.29) is 5.91 Å². The first kappa shape index (κ1) is 14.7. The quantitative estimate of drug-likeness (QED) is 0.805. The molecule has 0 atom stereocenters. The second kappa shape index (κ2) is 5.96. The van der Waals surface area contributed by atoms with Gasteiger partial charge in [0.05, 0.1) is 30.8 Å². The Kier molecular flexibility index (Phi) is 3.65. The normalized spacial score (nSPS) is 13.5. The molecule has 3 aromatic heterocycles. The first-order valence-corrected chi connectivity index (χ1v) is 8.05. The molecule has 0 aliphatic heterocycles. The first-order chi connectivity index (χ1) is 11.8. The molecule has 3 heterocycles. The molecule has 0 fully saturated rings. The maximum Gasteiger partial charge on any atom is 0.259 e. The van der Waals surface area contributed by atoms with Gasteiger partial charge in [0, 0.05) is 12.4 Å². The fraction of sp³-hybridized carbons (Fsp3) is 0.278. The fourth-order valence-electron chi connectivity index (χ4n) is 3.30. The molecule has 6 nitrogen and oxygen atoms in total. The van der Waals surface area contributed by atoms with Crippen LogP contribution in [-0.2, 0) is 12.8 Å². The summed E-state index contributed by atoms with van der Waals surface area (Å²) < 4.78 is 7.01. The highest BCUT2D eigenvalue weighted by Gasteiger charge is 2.19. The maximum atomic E-state index is 12.8. The van der Waals surface area contributed by atoms with Gasteiger partial charge in [0.1, 0.15) is 11.3 Å². The van der Waals surface area contributed by atoms with E-state index >= 15 is 0 Å². The molecule has 0 spiro atoms. The topological polar surface area (TPSA) is 68.5 Å². The van der Waals surface area contributed by atoms with E-state index in [1.165, 1.54) is 17.5 Å². The zero-order valence-corrected chi connectivity index (χ0v) is 13.5. The van der Waals surface area contributed by atoms with Crippen molar-refractivity contribution in [3.8, 4) is 5.75 Å². The van der Waals surface area contributed by atoms with Crippen molar-refractivity contribution in [3.05, 3.63) is 53.6 Å². The number of amides is 1. The van der Waals surface area contributed by atoms with Gasteiger partial charge in [0.25, 0.3) is 5.91 Å². The van der Waals surface area contributed by atoms with Crippen LogP contribution < -0.4 is 10.1 Å². The molecule has 24 heavy (non-hydrogen) atoms. The summed E-state index contributed by atoms with van der Waals surface area (Å²) in [6.07, 6.45) is 11.3. The highest BCUT2D eigenvalue weighted by Crippen LogP contribution is 2.28. The van der Waals surface area contributed by atoms with Crippen LogP contribution in [0.5, 0.6) is 5.75 Å². The predicted octanol–water partition coefficient (Wildman–Crippen LogP) is 2.87. The molecule has 0 saturated heterocycles. The lowest BCUT2D eigenvalue weighted by Gasteiger charge is -2.18. The Morgan fingerprint density at radius 1 is 1.25 bits per heavy atom. The lowest BCUT2D eigenvalue weighted by Crippen LogP contribution is -2.16. The second-order valence-corrected chi connectivity index (χ2v) is 5.91. The van der Waals surface area contributed by atoms with Gasteiger partial charge in [-0.2, -0.15) is 5.10 Å². The number of nitrogens with one attached hydrogen (secondary N) is 1. The standard InChI is InChI=1S/C18H18N4O2/c1-24-16-7-4-8-22-17(16)14(10-20-22)18(23)21-15-11-19-9-12-5-2-3-6-13(12)15/h4,7-11H,2-3,5-6H2,1H3,(H,21,23). The molecule has 6 heteroatoms. The van der Waals surface area contributed by atoms with Gasteiger partial charge in [0.15, 0.2) is 0 Å². The van der Waals surface area contributed by atoms with Crippen molar-refractivity contribution in [1.82, 2.24) is 14.6 Å². The number of aromatic nitrogens is 3. The third-order valence-electron chi connectivity index (χ3n) is 4.49. The van der Waals surface area contributed by atoms with Gasteiger partial charge in [-0.15, -0.1) is 0 Å². The number of hydrogen-bond donors (Lipinski definition) is 1. The van der Waals surface area contributed by atoms with Crippen molar-refractivity contribution >= 4 is 17.1 Å². The Hall–Kier alpha value is -2.89. The summed E-state index contributed by atoms with van der Waals surface area (Å²) in [7, 11) is 1.58. The number of anilines is 1. The van der Waals surface area contributed by atoms with Crippen LogP contribution in [0.4, 0.5) is 5.69 Å². The predicted molar refractivity (Wildman–Crippen MR) is 90.6 cm³/mol. The first-order valence-electron chi connectivity index (χ1n) is 8.05. The highest BCUT2D eigenvalue weighted by molar-refractivity contribution is 6.10. The Bertz CT molecular complexity index is 917. The molecule has 0 unspecified atom stereocenters. The fourth-order valence-corrected chi connectivity index (χ4v) is 3.30. The van der Waals surface area contributed by atoms with Crippen LogP contribution in [0.1, 0.15) is 34.3 Å². The number of aryl methyl sites for hydroxylation is 1. The van der Waals surface area contributed by atoms with E-state index in [4.69, 9.17) is 4.74 Å². The number of ether oxygens (including phenoxy) is 1. The minimum atomic E-state index is -0.199. The van der Waals surface area contributed by atoms with Gasteiger partial charge in [-0.25, -0.2) is 4.52 Å². The summed E-state index contributed by atoms with van der Waals surface area (Å²) in [5.74, 6) is 0.420. The lowest BCUT2D eigenvalue weighted by atomic mass is 9.92. The van der Waals surface area contributed by atoms with Crippen LogP contribution in [0.25, 0.3) is 5.52 Å². The molecular weight excluding hydrogens is 304 g/mol. The molecule has 0 aromatic carbocycles. The Morgan fingerprint density at radius 3 is 3.00 bits per heavy atom. The Labute approximate surface area is 139 Å². The molecule has 1 N–H and O–H groups in total. The van der Waals surface area contributed by atoms with Crippen molar-refractivity contribution in [2.45, 2.75) is 25.7 Å². The number of fused-ring (bicyclic) bond motifs is 2. The molecule has 122 valence electrons. The number of hydrogen-bond acceptors (Lipinski definition) is 4. The van der Waals surface area contributed by atoms with E-state index in [1.807, 2.05) is 18.3 Å². The summed E-state index contributed by atoms with van der Waals surface area (Å²) in [6.45, 7) is 0. The number of nitrogens with zero attached hydrogens (tertiary/aromatic N) is 3. The minimum absolute atomic E-state index is 0.199. The average molecular weight is 322 g/mol. The zero-order chi connectivity index (χ0) is 16.5. The summed E-state index contributed by atoms with van der Waals surface area (Å²) >= 11 is 0. The summed E-state index contributed by atoms with van der Waals surface area (Å²) in [4.78, 5) is 17.1. The average Bonchev–Trinajstić information content (AvgIpc) is 3.06. The van der Waals surface area contributed by atoms with E-state index in [0.29, 0.717) is 16.8 Å². The summed E-state index contributed by atoms with van der Waals surface area (Å²) in [6, 6.07) is 3.65. The Balaban J connectivity index is 1.71. The molecule has 0 saturated carbocycles. The third kappa shape index (κ3) is 2.40. The number of rotatable bonds is 3. The maximum absolute atomic E-state index is 12.8. The smallest absolute Gasteiger partial charge is 0.259 e. The number of carbonyl (C=O) groups is 1. The molecule has 4 rings (SSSR count). The van der Waals surface area contributed by atoms with Crippen LogP contribution in [0.2, 0.25) is 0 Å². The van der Waals surface area contributed by atoms with Crippen LogP contribution >= 0.6 is 0 Å². The van der Waals surface area contributed by atoms with Gasteiger partial charge < -0.3 is 10.1 Å². The highest BCUT2D eigenvalue weighted by atomic mass is 16.5. The van der Waals surface area contributed by atoms with Crippen molar-refractivity contribution < 1.29 is 9.53 Å². The third-order valence-corrected chi connectivity index (χ3v) is 4.49. The van der Waals surface area contributed by atoms with E-state index in [0.717, 1.165) is 24.9 Å². The van der Waals surface area contributed by atoms with Gasteiger partial charge in [0.2, 0.25) is 0 Å². The van der Waals surface area contributed by atoms with Crippen molar-refractivity contribution in [2.24, 2.45) is 0 Å². The number of carbonyl (C=O) groups excluding carboxylic acids is 1. The van der Waals surface area contributed by atoms with Gasteiger partial charge >= 0.3 is 0 Å². The molecular formula is C18H18N4O2. The lowest BCUT2D eigenvalue weighted by molar-refractivity contribution is 0.102. The van der Waals surface area contributed by atoms with Crippen LogP contribution in [0.15, 0.2) is 36.9 Å². The van der Waals surface area contributed by atoms with Crippen molar-refractivity contribution in [3.63, 3.8) is 0 Å². The van der Waals surface area contributed by atoms with Gasteiger partial charge in [-0.3, -0.25) is 9.78 Å². The monoisotopic (exact) mass is 322 g/mol. The van der Waals surface area contributed by atoms with Crippen LogP contribution in [0.3, 0.4) is 0 Å². The van der Waals surface area contributed by atoms with Gasteiger partial charge in [-0.05, 0) is 48.9 Å². The van der Waals surface area contributed by atoms with Crippen molar-refractivity contribution in [2.75, 3.05) is 12.4 Å². The molecule has 1 aliphatic carbocycles. The zero-order valence-electron chi connectivity index (χ0n) is 13.5.